The van der Waals surface area contributed by atoms with Crippen molar-refractivity contribution >= 4 is 40.9 Å². The molecule has 2 aromatic carbocycles. The van der Waals surface area contributed by atoms with Gasteiger partial charge in [0.25, 0.3) is 0 Å². The van der Waals surface area contributed by atoms with Gasteiger partial charge in [-0.2, -0.15) is 0 Å². The van der Waals surface area contributed by atoms with Crippen LogP contribution in [0, 0.1) is 0 Å². The number of hydrogen-bond acceptors (Lipinski definition) is 8. The lowest BCUT2D eigenvalue weighted by molar-refractivity contribution is -0.274. The van der Waals surface area contributed by atoms with Gasteiger partial charge in [-0.05, 0) is 48.5 Å². The maximum absolute atomic E-state index is 12.7. The van der Waals surface area contributed by atoms with Crippen LogP contribution in [-0.4, -0.2) is 48.1 Å². The second-order valence-corrected chi connectivity index (χ2v) is 8.11. The molecule has 4 rings (SSSR count). The summed E-state index contributed by atoms with van der Waals surface area (Å²) in [5.41, 5.74) is 2.00. The van der Waals surface area contributed by atoms with Gasteiger partial charge in [-0.1, -0.05) is 24.3 Å². The first kappa shape index (κ1) is 27.6. The molecule has 0 atom stereocenters. The summed E-state index contributed by atoms with van der Waals surface area (Å²) >= 11 is 1.30. The fourth-order valence-electron chi connectivity index (χ4n) is 3.14. The van der Waals surface area contributed by atoms with Gasteiger partial charge in [-0.25, -0.2) is 9.97 Å². The number of ether oxygens (including phenoxy) is 2. The first-order chi connectivity index (χ1) is 17.9. The van der Waals surface area contributed by atoms with E-state index in [1.165, 1.54) is 30.0 Å². The number of alkyl halides is 3. The zero-order chi connectivity index (χ0) is 26.7. The molecule has 0 saturated heterocycles. The minimum absolute atomic E-state index is 0.189. The zero-order valence-corrected chi connectivity index (χ0v) is 20.9. The number of hydrogen-bond donors (Lipinski definition) is 1. The first-order valence-corrected chi connectivity index (χ1v) is 11.9. The fraction of sp³-hybridized carbons (Fsp3) is 0.154. The molecule has 1 N–H and O–H groups in total. The molecule has 0 aliphatic carbocycles. The molecule has 11 heteroatoms. The van der Waals surface area contributed by atoms with Crippen molar-refractivity contribution in [3.05, 3.63) is 84.0 Å². The number of nitrogens with zero attached hydrogens (tertiary/aromatic N) is 4. The second kappa shape index (κ2) is 13.4. The molecule has 37 heavy (non-hydrogen) atoms. The predicted octanol–water partition coefficient (Wildman–Crippen LogP) is 6.65. The topological polar surface area (TPSA) is 81.5 Å². The second-order valence-electron chi connectivity index (χ2n) is 7.26. The van der Waals surface area contributed by atoms with Crippen LogP contribution in [0.5, 0.6) is 5.75 Å². The van der Waals surface area contributed by atoms with Crippen molar-refractivity contribution in [2.45, 2.75) is 6.36 Å². The number of benzene rings is 2. The Morgan fingerprint density at radius 1 is 1.05 bits per heavy atom. The quantitative estimate of drug-likeness (QED) is 0.156. The molecule has 2 heterocycles. The van der Waals surface area contributed by atoms with Crippen LogP contribution >= 0.6 is 11.8 Å². The average Bonchev–Trinajstić information content (AvgIpc) is 2.89. The maximum atomic E-state index is 12.7. The monoisotopic (exact) mass is 527 g/mol. The highest BCUT2D eigenvalue weighted by Crippen LogP contribution is 2.32. The molecule has 2 aromatic heterocycles. The maximum Gasteiger partial charge on any atom is 0.573 e. The zero-order valence-electron chi connectivity index (χ0n) is 20.1. The van der Waals surface area contributed by atoms with Crippen molar-refractivity contribution in [3.8, 4) is 17.1 Å². The number of aromatic nitrogens is 3. The molecular formula is C26H24F3N5O2S. The van der Waals surface area contributed by atoms with Gasteiger partial charge in [-0.3, -0.25) is 9.98 Å². The van der Waals surface area contributed by atoms with E-state index in [0.717, 1.165) is 16.5 Å². The van der Waals surface area contributed by atoms with Gasteiger partial charge in [-0.15, -0.1) is 24.9 Å². The third-order valence-corrected chi connectivity index (χ3v) is 5.30. The Hall–Kier alpha value is -3.96. The summed E-state index contributed by atoms with van der Waals surface area (Å²) in [7, 11) is 3.25. The number of methoxy groups -OCH3 is 1. The fourth-order valence-corrected chi connectivity index (χ4v) is 3.81. The van der Waals surface area contributed by atoms with Crippen molar-refractivity contribution in [2.75, 3.05) is 25.4 Å². The van der Waals surface area contributed by atoms with E-state index < -0.39 is 6.36 Å². The molecule has 4 aromatic rings. The predicted molar refractivity (Wildman–Crippen MR) is 142 cm³/mol. The van der Waals surface area contributed by atoms with Crippen LogP contribution in [0.3, 0.4) is 0 Å². The first-order valence-electron chi connectivity index (χ1n) is 10.8. The van der Waals surface area contributed by atoms with E-state index in [-0.39, 0.29) is 17.0 Å². The van der Waals surface area contributed by atoms with Crippen molar-refractivity contribution in [1.29, 1.82) is 0 Å². The average molecular weight is 528 g/mol. The van der Waals surface area contributed by atoms with Crippen LogP contribution in [-0.2, 0) is 4.74 Å². The number of fused-ring (bicyclic) bond motifs is 1. The Labute approximate surface area is 216 Å². The van der Waals surface area contributed by atoms with Gasteiger partial charge in [0.15, 0.2) is 5.82 Å². The van der Waals surface area contributed by atoms with Crippen LogP contribution in [0.1, 0.15) is 5.56 Å². The lowest BCUT2D eigenvalue weighted by Crippen LogP contribution is -2.17. The molecule has 0 saturated carbocycles. The van der Waals surface area contributed by atoms with E-state index in [1.54, 1.807) is 38.1 Å². The Morgan fingerprint density at radius 2 is 1.78 bits per heavy atom. The number of pyridine rings is 1. The van der Waals surface area contributed by atoms with Gasteiger partial charge < -0.3 is 14.8 Å². The van der Waals surface area contributed by atoms with Gasteiger partial charge in [0.1, 0.15) is 11.6 Å². The molecule has 0 amide bonds. The third kappa shape index (κ3) is 8.02. The van der Waals surface area contributed by atoms with E-state index in [4.69, 9.17) is 0 Å². The number of rotatable bonds is 8. The normalized spacial score (nSPS) is 11.4. The van der Waals surface area contributed by atoms with Crippen LogP contribution in [0.25, 0.3) is 28.0 Å². The van der Waals surface area contributed by atoms with E-state index in [9.17, 15) is 13.2 Å². The van der Waals surface area contributed by atoms with Gasteiger partial charge >= 0.3 is 6.36 Å². The molecule has 0 aliphatic rings. The SMILES string of the molecule is C=N/C(=C\SCNc1nc(-c2cccnc2)nc2ccccc12)c1ccccc1OC(F)(F)F.COC. The van der Waals surface area contributed by atoms with E-state index >= 15 is 0 Å². The van der Waals surface area contributed by atoms with Crippen molar-refractivity contribution in [2.24, 2.45) is 4.99 Å². The number of nitrogens with one attached hydrogen (secondary N) is 1. The van der Waals surface area contributed by atoms with Gasteiger partial charge in [0.05, 0.1) is 17.1 Å². The third-order valence-electron chi connectivity index (χ3n) is 4.60. The van der Waals surface area contributed by atoms with Crippen LogP contribution < -0.4 is 10.1 Å². The van der Waals surface area contributed by atoms with Crippen LogP contribution in [0.4, 0.5) is 19.0 Å². The summed E-state index contributed by atoms with van der Waals surface area (Å²) in [5.74, 6) is 1.18. The summed E-state index contributed by atoms with van der Waals surface area (Å²) in [4.78, 5) is 17.3. The van der Waals surface area contributed by atoms with E-state index in [0.29, 0.717) is 17.5 Å². The molecule has 0 spiro atoms. The largest absolute Gasteiger partial charge is 0.573 e. The van der Waals surface area contributed by atoms with E-state index in [2.05, 4.69) is 41.5 Å². The van der Waals surface area contributed by atoms with Gasteiger partial charge in [0, 0.05) is 43.1 Å². The lowest BCUT2D eigenvalue weighted by atomic mass is 10.1. The number of halogens is 3. The Kier molecular flexibility index (Phi) is 9.99. The molecular weight excluding hydrogens is 503 g/mol. The van der Waals surface area contributed by atoms with Crippen LogP contribution in [0.2, 0.25) is 0 Å². The molecule has 0 aliphatic heterocycles. The summed E-state index contributed by atoms with van der Waals surface area (Å²) in [5, 5.41) is 5.71. The molecule has 0 bridgehead atoms. The summed E-state index contributed by atoms with van der Waals surface area (Å²) < 4.78 is 46.6. The molecule has 192 valence electrons. The van der Waals surface area contributed by atoms with Crippen LogP contribution in [0.15, 0.2) is 83.5 Å². The Bertz CT molecular complexity index is 1350. The van der Waals surface area contributed by atoms with Crippen molar-refractivity contribution < 1.29 is 22.6 Å². The molecule has 0 fully saturated rings. The Balaban J connectivity index is 0.00000121. The highest BCUT2D eigenvalue weighted by Gasteiger charge is 2.32. The number of aliphatic imine (C=N–C) groups is 1. The molecule has 7 nitrogen and oxygen atoms in total. The number of para-hydroxylation sites is 2. The van der Waals surface area contributed by atoms with E-state index in [1.807, 2.05) is 36.4 Å². The highest BCUT2D eigenvalue weighted by molar-refractivity contribution is 8.02. The minimum atomic E-state index is -4.81. The standard InChI is InChI=1S/C24H18F3N5OS.C2H6O/c1-28-20(17-8-3-5-11-21(17)33-24(25,26)27)14-34-15-30-23-18-9-2-4-10-19(18)31-22(32-23)16-7-6-12-29-13-16;1-3-2/h2-14H,1,15H2,(H,30,31,32);1-2H3/b20-14-;. The number of anilines is 1. The molecule has 0 unspecified atom stereocenters. The van der Waals surface area contributed by atoms with Crippen molar-refractivity contribution in [1.82, 2.24) is 15.0 Å². The molecule has 0 radical (unpaired) electrons. The summed E-state index contributed by atoms with van der Waals surface area (Å²) in [6.07, 6.45) is -1.44. The Morgan fingerprint density at radius 3 is 2.49 bits per heavy atom. The number of thioether (sulfide) groups is 1. The smallest absolute Gasteiger partial charge is 0.405 e. The highest BCUT2D eigenvalue weighted by atomic mass is 32.2. The lowest BCUT2D eigenvalue weighted by Gasteiger charge is -2.13. The van der Waals surface area contributed by atoms with Gasteiger partial charge in [0.2, 0.25) is 0 Å². The summed E-state index contributed by atoms with van der Waals surface area (Å²) in [6.45, 7) is 3.48. The minimum Gasteiger partial charge on any atom is -0.405 e. The summed E-state index contributed by atoms with van der Waals surface area (Å²) in [6, 6.07) is 17.1. The van der Waals surface area contributed by atoms with Crippen molar-refractivity contribution in [3.63, 3.8) is 0 Å².